The van der Waals surface area contributed by atoms with Crippen molar-refractivity contribution in [1.82, 2.24) is 24.5 Å². The molecule has 0 saturated carbocycles. The molecule has 0 unspecified atom stereocenters. The number of nitrogens with zero attached hydrogens (tertiary/aromatic N) is 5. The summed E-state index contributed by atoms with van der Waals surface area (Å²) in [6.07, 6.45) is 7.53. The van der Waals surface area contributed by atoms with Crippen LogP contribution >= 0.6 is 11.8 Å². The second-order valence-corrected chi connectivity index (χ2v) is 9.34. The number of carbonyl (C=O) groups is 2. The maximum Gasteiger partial charge on any atom is 1.00 e. The van der Waals surface area contributed by atoms with Gasteiger partial charge in [0, 0.05) is 50.0 Å². The first-order valence-electron chi connectivity index (χ1n) is 11.5. The zero-order valence-corrected chi connectivity index (χ0v) is 21.1. The number of nitrogens with one attached hydrogen (secondary N) is 1. The quantitative estimate of drug-likeness (QED) is 0.227. The van der Waals surface area contributed by atoms with E-state index in [1.54, 1.807) is 29.1 Å². The fourth-order valence-corrected chi connectivity index (χ4v) is 4.52. The second kappa shape index (κ2) is 13.6. The van der Waals surface area contributed by atoms with E-state index in [0.29, 0.717) is 38.3 Å². The van der Waals surface area contributed by atoms with Gasteiger partial charge in [0.25, 0.3) is 5.91 Å². The third-order valence-electron chi connectivity index (χ3n) is 5.59. The molecular formula is C23H28LiN7O4S. The van der Waals surface area contributed by atoms with Gasteiger partial charge in [0.15, 0.2) is 0 Å². The van der Waals surface area contributed by atoms with Crippen molar-refractivity contribution in [2.24, 2.45) is 5.73 Å². The summed E-state index contributed by atoms with van der Waals surface area (Å²) in [4.78, 5) is 29.0. The molecule has 1 saturated heterocycles. The minimum absolute atomic E-state index is 0. The van der Waals surface area contributed by atoms with E-state index in [9.17, 15) is 14.7 Å². The van der Waals surface area contributed by atoms with E-state index < -0.39 is 11.9 Å². The van der Waals surface area contributed by atoms with Crippen LogP contribution in [0.1, 0.15) is 46.3 Å². The van der Waals surface area contributed by atoms with Crippen molar-refractivity contribution in [3.8, 4) is 11.3 Å². The summed E-state index contributed by atoms with van der Waals surface area (Å²) in [7, 11) is 0. The molecule has 4 heterocycles. The molecule has 3 N–H and O–H groups in total. The van der Waals surface area contributed by atoms with Gasteiger partial charge in [0.2, 0.25) is 0 Å². The van der Waals surface area contributed by atoms with E-state index in [-0.39, 0.29) is 42.0 Å². The number of nitrogens with two attached hydrogens (primary N) is 1. The van der Waals surface area contributed by atoms with Gasteiger partial charge < -0.3 is 25.7 Å². The Kier molecular flexibility index (Phi) is 10.6. The number of aryl methyl sites for hydroxylation is 1. The number of hydrogen-bond donors (Lipinski definition) is 2. The second-order valence-electron chi connectivity index (χ2n) is 8.11. The SMILES string of the molecule is NCCSCCCn1cc(-c2cccc(C(=O)Nc3cn(C4CCOCC4)nc3C(=O)[O-])n2)cn1.[Li+]. The molecule has 1 amide bonds. The molecule has 1 fully saturated rings. The summed E-state index contributed by atoms with van der Waals surface area (Å²) < 4.78 is 8.77. The van der Waals surface area contributed by atoms with Crippen molar-refractivity contribution in [2.75, 3.05) is 36.6 Å². The Morgan fingerprint density at radius 3 is 2.78 bits per heavy atom. The van der Waals surface area contributed by atoms with Crippen molar-refractivity contribution in [1.29, 1.82) is 0 Å². The van der Waals surface area contributed by atoms with Crippen LogP contribution in [0.3, 0.4) is 0 Å². The average molecular weight is 506 g/mol. The number of carboxylic acid groups (broad SMARTS) is 1. The molecule has 11 nitrogen and oxygen atoms in total. The zero-order valence-electron chi connectivity index (χ0n) is 20.3. The molecule has 0 atom stereocenters. The van der Waals surface area contributed by atoms with Gasteiger partial charge in [0.05, 0.1) is 29.6 Å². The Morgan fingerprint density at radius 2 is 2.03 bits per heavy atom. The van der Waals surface area contributed by atoms with Crippen LogP contribution in [0.2, 0.25) is 0 Å². The first kappa shape index (κ1) is 28.0. The van der Waals surface area contributed by atoms with E-state index in [1.165, 1.54) is 6.20 Å². The van der Waals surface area contributed by atoms with Crippen molar-refractivity contribution in [3.63, 3.8) is 0 Å². The van der Waals surface area contributed by atoms with E-state index in [4.69, 9.17) is 10.5 Å². The van der Waals surface area contributed by atoms with Crippen molar-refractivity contribution in [3.05, 3.63) is 48.2 Å². The van der Waals surface area contributed by atoms with Crippen LogP contribution in [0.25, 0.3) is 11.3 Å². The summed E-state index contributed by atoms with van der Waals surface area (Å²) in [6.45, 7) is 2.61. The van der Waals surface area contributed by atoms with E-state index in [1.807, 2.05) is 22.6 Å². The van der Waals surface area contributed by atoms with E-state index >= 15 is 0 Å². The fraction of sp³-hybridized carbons (Fsp3) is 0.435. The summed E-state index contributed by atoms with van der Waals surface area (Å²) >= 11 is 1.82. The number of hydrogen-bond acceptors (Lipinski definition) is 9. The normalized spacial score (nSPS) is 13.8. The van der Waals surface area contributed by atoms with Gasteiger partial charge in [-0.3, -0.25) is 14.2 Å². The van der Waals surface area contributed by atoms with Crippen LogP contribution in [0.5, 0.6) is 0 Å². The Bertz CT molecular complexity index is 1160. The summed E-state index contributed by atoms with van der Waals surface area (Å²) in [5.41, 5.74) is 6.81. The van der Waals surface area contributed by atoms with Crippen molar-refractivity contribution in [2.45, 2.75) is 31.8 Å². The Balaban J connectivity index is 0.00000361. The monoisotopic (exact) mass is 505 g/mol. The average Bonchev–Trinajstić information content (AvgIpc) is 3.52. The van der Waals surface area contributed by atoms with Crippen LogP contribution in [-0.4, -0.2) is 67.7 Å². The van der Waals surface area contributed by atoms with Crippen molar-refractivity contribution < 1.29 is 38.3 Å². The summed E-state index contributed by atoms with van der Waals surface area (Å²) in [6, 6.07) is 5.10. The van der Waals surface area contributed by atoms with Gasteiger partial charge in [-0.1, -0.05) is 6.07 Å². The molecule has 1 aliphatic rings. The predicted octanol–water partition coefficient (Wildman–Crippen LogP) is -1.81. The summed E-state index contributed by atoms with van der Waals surface area (Å²) in [5, 5.41) is 22.8. The van der Waals surface area contributed by atoms with E-state index in [2.05, 4.69) is 20.5 Å². The largest absolute Gasteiger partial charge is 1.00 e. The molecule has 186 valence electrons. The third-order valence-corrected chi connectivity index (χ3v) is 6.69. The van der Waals surface area contributed by atoms with Gasteiger partial charge in [-0.25, -0.2) is 4.98 Å². The number of pyridine rings is 1. The Labute approximate surface area is 225 Å². The van der Waals surface area contributed by atoms with Crippen LogP contribution < -0.4 is 35.0 Å². The number of ether oxygens (including phenoxy) is 1. The number of aromatic nitrogens is 5. The molecule has 1 aliphatic heterocycles. The molecular weight excluding hydrogens is 477 g/mol. The number of amides is 1. The van der Waals surface area contributed by atoms with Gasteiger partial charge >= 0.3 is 18.9 Å². The first-order chi connectivity index (χ1) is 17.0. The van der Waals surface area contributed by atoms with Gasteiger partial charge in [0.1, 0.15) is 11.4 Å². The molecule has 0 aliphatic carbocycles. The smallest absolute Gasteiger partial charge is 0.543 e. The zero-order chi connectivity index (χ0) is 24.6. The van der Waals surface area contributed by atoms with E-state index in [0.717, 1.165) is 30.0 Å². The van der Waals surface area contributed by atoms with Gasteiger partial charge in [-0.15, -0.1) is 0 Å². The number of thioether (sulfide) groups is 1. The number of aromatic carboxylic acids is 1. The molecule has 13 heteroatoms. The molecule has 0 radical (unpaired) electrons. The first-order valence-corrected chi connectivity index (χ1v) is 12.7. The third kappa shape index (κ3) is 7.21. The van der Waals surface area contributed by atoms with Gasteiger partial charge in [-0.05, 0) is 37.1 Å². The van der Waals surface area contributed by atoms with Crippen LogP contribution in [0.4, 0.5) is 5.69 Å². The minimum atomic E-state index is -1.46. The van der Waals surface area contributed by atoms with Crippen LogP contribution in [-0.2, 0) is 11.3 Å². The van der Waals surface area contributed by atoms with Crippen molar-refractivity contribution >= 4 is 29.3 Å². The topological polar surface area (TPSA) is 153 Å². The molecule has 3 aromatic heterocycles. The molecule has 4 rings (SSSR count). The standard InChI is InChI=1S/C23H29N7O4S.Li/c24-7-12-35-11-2-8-29-14-16(13-25-29)18-3-1-4-19(26-18)22(31)27-20-15-30(28-21(20)23(32)33)17-5-9-34-10-6-17;/h1,3-4,13-15,17H,2,5-12,24H2,(H,27,31)(H,32,33);/q;+1/p-1. The molecule has 0 spiro atoms. The van der Waals surface area contributed by atoms with Gasteiger partial charge in [-0.2, -0.15) is 22.0 Å². The number of carboxylic acids is 1. The van der Waals surface area contributed by atoms with Crippen LogP contribution in [0, 0.1) is 0 Å². The maximum absolute atomic E-state index is 12.9. The predicted molar refractivity (Wildman–Crippen MR) is 130 cm³/mol. The minimum Gasteiger partial charge on any atom is -0.543 e. The number of carbonyl (C=O) groups excluding carboxylic acids is 2. The summed E-state index contributed by atoms with van der Waals surface area (Å²) in [5.74, 6) is -0.0322. The van der Waals surface area contributed by atoms with Crippen LogP contribution in [0.15, 0.2) is 36.8 Å². The fourth-order valence-electron chi connectivity index (χ4n) is 3.81. The molecule has 3 aromatic rings. The Morgan fingerprint density at radius 1 is 1.22 bits per heavy atom. The molecule has 36 heavy (non-hydrogen) atoms. The molecule has 0 aromatic carbocycles. The maximum atomic E-state index is 12.9. The Hall–Kier alpha value is -2.62. The number of rotatable bonds is 11. The molecule has 0 bridgehead atoms. The number of anilines is 1.